The van der Waals surface area contributed by atoms with Crippen LogP contribution in [0, 0.1) is 0 Å². The average molecular weight is 227 g/mol. The number of carbonyl (C=O) groups excluding carboxylic acids is 1. The minimum Gasteiger partial charge on any atom is -0.456 e. The van der Waals surface area contributed by atoms with Crippen molar-refractivity contribution in [2.45, 2.75) is 12.5 Å². The summed E-state index contributed by atoms with van der Waals surface area (Å²) in [6.45, 7) is 1.60. The van der Waals surface area contributed by atoms with Gasteiger partial charge in [0.25, 0.3) is 0 Å². The molecule has 1 saturated heterocycles. The second-order valence-corrected chi connectivity index (χ2v) is 3.82. The zero-order valence-corrected chi connectivity index (χ0v) is 8.83. The molecule has 1 fully saturated rings. The Morgan fingerprint density at radius 2 is 2.53 bits per heavy atom. The first kappa shape index (κ1) is 10.4. The normalized spacial score (nSPS) is 20.2. The Balaban J connectivity index is 2.01. The Kier molecular flexibility index (Phi) is 3.18. The smallest absolute Gasteiger partial charge is 0.357 e. The zero-order valence-electron chi connectivity index (χ0n) is 8.07. The molecule has 1 aromatic rings. The van der Waals surface area contributed by atoms with Crippen molar-refractivity contribution in [3.05, 3.63) is 29.0 Å². The van der Waals surface area contributed by atoms with Gasteiger partial charge in [-0.1, -0.05) is 11.6 Å². The van der Waals surface area contributed by atoms with Crippen molar-refractivity contribution in [2.75, 3.05) is 13.1 Å². The van der Waals surface area contributed by atoms with Gasteiger partial charge in [0.05, 0.1) is 0 Å². The highest BCUT2D eigenvalue weighted by Crippen LogP contribution is 2.11. The van der Waals surface area contributed by atoms with Crippen molar-refractivity contribution in [1.82, 2.24) is 10.3 Å². The number of hydrogen-bond donors (Lipinski definition) is 1. The van der Waals surface area contributed by atoms with Gasteiger partial charge < -0.3 is 10.1 Å². The number of ether oxygens (including phenoxy) is 1. The van der Waals surface area contributed by atoms with Crippen LogP contribution in [0.1, 0.15) is 16.9 Å². The van der Waals surface area contributed by atoms with Crippen molar-refractivity contribution in [3.63, 3.8) is 0 Å². The summed E-state index contributed by atoms with van der Waals surface area (Å²) in [5.41, 5.74) is 0.259. The molecule has 1 aromatic heterocycles. The Morgan fingerprint density at radius 1 is 1.67 bits per heavy atom. The molecule has 2 rings (SSSR count). The van der Waals surface area contributed by atoms with Crippen molar-refractivity contribution in [2.24, 2.45) is 0 Å². The quantitative estimate of drug-likeness (QED) is 0.772. The van der Waals surface area contributed by atoms with Crippen molar-refractivity contribution in [3.8, 4) is 0 Å². The molecule has 0 bridgehead atoms. The van der Waals surface area contributed by atoms with E-state index in [-0.39, 0.29) is 11.8 Å². The molecule has 0 aromatic carbocycles. The molecule has 1 atom stereocenters. The number of esters is 1. The Morgan fingerprint density at radius 3 is 3.20 bits per heavy atom. The van der Waals surface area contributed by atoms with Crippen LogP contribution in [0.2, 0.25) is 5.02 Å². The number of halogens is 1. The van der Waals surface area contributed by atoms with Gasteiger partial charge in [-0.05, 0) is 25.1 Å². The summed E-state index contributed by atoms with van der Waals surface area (Å²) >= 11 is 5.75. The third kappa shape index (κ3) is 2.67. The van der Waals surface area contributed by atoms with E-state index < -0.39 is 5.97 Å². The lowest BCUT2D eigenvalue weighted by molar-refractivity contribution is 0.0337. The summed E-state index contributed by atoms with van der Waals surface area (Å²) in [5.74, 6) is -0.411. The van der Waals surface area contributed by atoms with Crippen molar-refractivity contribution in [1.29, 1.82) is 0 Å². The molecular formula is C10H11ClN2O2. The summed E-state index contributed by atoms with van der Waals surface area (Å²) in [5, 5.41) is 3.60. The fourth-order valence-corrected chi connectivity index (χ4v) is 1.62. The van der Waals surface area contributed by atoms with Crippen LogP contribution in [0.3, 0.4) is 0 Å². The standard InChI is InChI=1S/C10H11ClN2O2/c11-7-1-4-13-9(5-7)10(14)15-8-2-3-12-6-8/h1,4-5,8,12H,2-3,6H2/t8-/m0/s1. The molecule has 80 valence electrons. The van der Waals surface area contributed by atoms with Crippen LogP contribution in [0.5, 0.6) is 0 Å². The number of nitrogens with one attached hydrogen (secondary N) is 1. The molecule has 0 aliphatic carbocycles. The number of rotatable bonds is 2. The van der Waals surface area contributed by atoms with Gasteiger partial charge in [-0.15, -0.1) is 0 Å². The van der Waals surface area contributed by atoms with Crippen LogP contribution in [0.25, 0.3) is 0 Å². The van der Waals surface area contributed by atoms with E-state index >= 15 is 0 Å². The van der Waals surface area contributed by atoms with E-state index in [1.165, 1.54) is 12.3 Å². The van der Waals surface area contributed by atoms with E-state index in [1.54, 1.807) is 6.07 Å². The molecule has 0 saturated carbocycles. The van der Waals surface area contributed by atoms with Crippen molar-refractivity contribution >= 4 is 17.6 Å². The lowest BCUT2D eigenvalue weighted by Crippen LogP contribution is -2.21. The number of nitrogens with zero attached hydrogens (tertiary/aromatic N) is 1. The van der Waals surface area contributed by atoms with E-state index in [4.69, 9.17) is 16.3 Å². The second kappa shape index (κ2) is 4.59. The van der Waals surface area contributed by atoms with Gasteiger partial charge >= 0.3 is 5.97 Å². The summed E-state index contributed by atoms with van der Waals surface area (Å²) < 4.78 is 5.23. The van der Waals surface area contributed by atoms with Crippen LogP contribution in [0.15, 0.2) is 18.3 Å². The summed E-state index contributed by atoms with van der Waals surface area (Å²) in [6.07, 6.45) is 2.30. The number of hydrogen-bond acceptors (Lipinski definition) is 4. The third-order valence-electron chi connectivity index (χ3n) is 2.22. The van der Waals surface area contributed by atoms with Gasteiger partial charge in [-0.3, -0.25) is 0 Å². The maximum atomic E-state index is 11.6. The van der Waals surface area contributed by atoms with Crippen LogP contribution in [0.4, 0.5) is 0 Å². The maximum absolute atomic E-state index is 11.6. The highest BCUT2D eigenvalue weighted by Gasteiger charge is 2.20. The van der Waals surface area contributed by atoms with Gasteiger partial charge in [-0.25, -0.2) is 9.78 Å². The van der Waals surface area contributed by atoms with Gasteiger partial charge in [-0.2, -0.15) is 0 Å². The summed E-state index contributed by atoms with van der Waals surface area (Å²) in [4.78, 5) is 15.5. The number of carbonyl (C=O) groups is 1. The van der Waals surface area contributed by atoms with Gasteiger partial charge in [0.15, 0.2) is 0 Å². The molecule has 1 aliphatic rings. The zero-order chi connectivity index (χ0) is 10.7. The molecular weight excluding hydrogens is 216 g/mol. The summed E-state index contributed by atoms with van der Waals surface area (Å²) in [7, 11) is 0. The van der Waals surface area contributed by atoms with Crippen LogP contribution in [-0.4, -0.2) is 30.1 Å². The molecule has 2 heterocycles. The highest BCUT2D eigenvalue weighted by molar-refractivity contribution is 6.30. The molecule has 0 amide bonds. The Bertz CT molecular complexity index is 364. The molecule has 0 unspecified atom stereocenters. The van der Waals surface area contributed by atoms with Crippen LogP contribution >= 0.6 is 11.6 Å². The fraction of sp³-hybridized carbons (Fsp3) is 0.400. The van der Waals surface area contributed by atoms with E-state index in [0.29, 0.717) is 11.6 Å². The topological polar surface area (TPSA) is 51.2 Å². The predicted octanol–water partition coefficient (Wildman–Crippen LogP) is 1.25. The first-order valence-electron chi connectivity index (χ1n) is 4.79. The largest absolute Gasteiger partial charge is 0.456 e. The first-order chi connectivity index (χ1) is 7.25. The fourth-order valence-electron chi connectivity index (χ4n) is 1.46. The molecule has 5 heteroatoms. The van der Waals surface area contributed by atoms with Crippen LogP contribution in [-0.2, 0) is 4.74 Å². The Hall–Kier alpha value is -1.13. The van der Waals surface area contributed by atoms with Gasteiger partial charge in [0.2, 0.25) is 0 Å². The number of pyridine rings is 1. The lowest BCUT2D eigenvalue weighted by Gasteiger charge is -2.09. The average Bonchev–Trinajstić information content (AvgIpc) is 2.70. The first-order valence-corrected chi connectivity index (χ1v) is 5.17. The monoisotopic (exact) mass is 226 g/mol. The lowest BCUT2D eigenvalue weighted by atomic mass is 10.3. The van der Waals surface area contributed by atoms with Gasteiger partial charge in [0, 0.05) is 17.8 Å². The van der Waals surface area contributed by atoms with E-state index in [1.807, 2.05) is 0 Å². The van der Waals surface area contributed by atoms with E-state index in [2.05, 4.69) is 10.3 Å². The van der Waals surface area contributed by atoms with Gasteiger partial charge in [0.1, 0.15) is 11.8 Å². The molecule has 4 nitrogen and oxygen atoms in total. The molecule has 1 aliphatic heterocycles. The number of aromatic nitrogens is 1. The van der Waals surface area contributed by atoms with E-state index in [9.17, 15) is 4.79 Å². The van der Waals surface area contributed by atoms with Crippen LogP contribution < -0.4 is 5.32 Å². The van der Waals surface area contributed by atoms with E-state index in [0.717, 1.165) is 13.0 Å². The van der Waals surface area contributed by atoms with Crippen molar-refractivity contribution < 1.29 is 9.53 Å². The minimum atomic E-state index is -0.411. The SMILES string of the molecule is O=C(O[C@H]1CCNC1)c1cc(Cl)ccn1. The Labute approximate surface area is 92.6 Å². The highest BCUT2D eigenvalue weighted by atomic mass is 35.5. The molecule has 0 radical (unpaired) electrons. The maximum Gasteiger partial charge on any atom is 0.357 e. The minimum absolute atomic E-state index is 0.0433. The molecule has 0 spiro atoms. The third-order valence-corrected chi connectivity index (χ3v) is 2.46. The second-order valence-electron chi connectivity index (χ2n) is 3.38. The predicted molar refractivity (Wildman–Crippen MR) is 55.9 cm³/mol. The molecule has 1 N–H and O–H groups in total. The summed E-state index contributed by atoms with van der Waals surface area (Å²) in [6, 6.07) is 3.13. The molecule has 15 heavy (non-hydrogen) atoms.